The van der Waals surface area contributed by atoms with Crippen molar-refractivity contribution in [1.82, 2.24) is 39.9 Å². The zero-order valence-corrected chi connectivity index (χ0v) is 81.4. The van der Waals surface area contributed by atoms with Crippen LogP contribution in [0.2, 0.25) is 22.6 Å². The van der Waals surface area contributed by atoms with Crippen molar-refractivity contribution in [2.45, 2.75) is 109 Å². The second-order valence-electron chi connectivity index (χ2n) is 30.4. The van der Waals surface area contributed by atoms with Crippen molar-refractivity contribution < 1.29 is 70.5 Å². The Morgan fingerprint density at radius 3 is 1.23 bits per heavy atom. The zero-order valence-electron chi connectivity index (χ0n) is 68.5. The Labute approximate surface area is 799 Å². The van der Waals surface area contributed by atoms with Crippen molar-refractivity contribution in [1.29, 1.82) is 0 Å². The molecule has 0 saturated heterocycles. The van der Waals surface area contributed by atoms with Gasteiger partial charge >= 0.3 is 428 Å². The van der Waals surface area contributed by atoms with Gasteiger partial charge in [-0.25, -0.2) is 0 Å². The molecule has 3 aliphatic rings. The number of rotatable bonds is 18. The molecule has 1 atom stereocenters. The van der Waals surface area contributed by atoms with Crippen LogP contribution in [0.4, 0.5) is 0 Å². The Balaban J connectivity index is 0.000000141. The van der Waals surface area contributed by atoms with Crippen LogP contribution in [-0.2, 0) is 121 Å². The van der Waals surface area contributed by atoms with Gasteiger partial charge in [0.1, 0.15) is 15.2 Å². The van der Waals surface area contributed by atoms with Crippen LogP contribution in [0, 0.1) is 24.3 Å². The van der Waals surface area contributed by atoms with Gasteiger partial charge in [-0.15, -0.1) is 48.5 Å². The van der Waals surface area contributed by atoms with Crippen LogP contribution >= 0.6 is 7.14 Å². The van der Waals surface area contributed by atoms with E-state index >= 15 is 0 Å². The third-order valence-electron chi connectivity index (χ3n) is 22.9. The Bertz CT molecular complexity index is 6520. The number of hydrogen-bond acceptors (Lipinski definition) is 13. The molecule has 124 heavy (non-hydrogen) atoms. The van der Waals surface area contributed by atoms with E-state index in [1.165, 1.54) is 82.7 Å². The Kier molecular flexibility index (Phi) is 31.0. The molecule has 0 aliphatic carbocycles. The standard InChI is InChI=1S/C28H27GeN2S.C28H27N2SSi.C25H20N2OPS.C22H13N2SSe.4Ni/c1-3-16-29(17-4-2)22-11-8-13-26(32)27(22)28-23(29)14-15-25(31-28)21-10-7-9-20(19-21)24-12-5-6-18-30-24;1-3-17-32(18-4-2)25-13-8-12-24(31)27(25)28-26(32)15-14-23(30-28)21-10-7-9-20(19-21)22-11-5-6-16-29-22;1-2-15-29(28)21-10-6-11-23(30)24(21)25-22(29)13-12-20(27-25)18-8-5-7-17(16-18)19-9-3-4-14-26-19;25-18-8-4-9-19-21(18)22-20(26-19)11-10-17(24-22)15-6-3-5-14(13-15)16-7-1-2-12-23-16;;;;/h5-15,18,32H,3-4,16-17H2,1-2H3;5-16,31H,3-4,17-18H2,1-2H3;3-14,30H,2,15H2,1H3;1-12,25H;;;;/q4*-1;4*+2/p-4. The molecular formula is C103H83GeN8Ni4OPS4SeSi. The van der Waals surface area contributed by atoms with Gasteiger partial charge in [-0.05, 0) is 52.1 Å². The molecule has 17 aromatic rings. The first-order valence-electron chi connectivity index (χ1n) is 41.1. The van der Waals surface area contributed by atoms with Crippen molar-refractivity contribution in [2.75, 3.05) is 6.16 Å². The van der Waals surface area contributed by atoms with Crippen LogP contribution in [0.25, 0.3) is 143 Å². The summed E-state index contributed by atoms with van der Waals surface area (Å²) in [7, 11) is -4.54. The van der Waals surface area contributed by atoms with Crippen molar-refractivity contribution in [3.8, 4) is 124 Å². The Hall–Kier alpha value is -8.68. The van der Waals surface area contributed by atoms with Crippen LogP contribution in [0.15, 0.2) is 311 Å². The van der Waals surface area contributed by atoms with Gasteiger partial charge in [0.2, 0.25) is 0 Å². The van der Waals surface area contributed by atoms with E-state index < -0.39 is 28.5 Å². The van der Waals surface area contributed by atoms with Crippen molar-refractivity contribution in [2.24, 2.45) is 0 Å². The first-order chi connectivity index (χ1) is 58.8. The van der Waals surface area contributed by atoms with Crippen molar-refractivity contribution >= 4 is 143 Å². The molecule has 0 amide bonds. The normalized spacial score (nSPS) is 13.4. The van der Waals surface area contributed by atoms with Crippen LogP contribution < -0.4 is 29.8 Å². The van der Waals surface area contributed by atoms with E-state index in [0.29, 0.717) is 11.1 Å². The van der Waals surface area contributed by atoms with E-state index in [9.17, 15) is 4.57 Å². The summed E-state index contributed by atoms with van der Waals surface area (Å²) in [6.45, 7) is 11.3. The molecule has 624 valence electrons. The van der Waals surface area contributed by atoms with E-state index in [4.69, 9.17) is 70.5 Å². The molecule has 0 spiro atoms. The fourth-order valence-electron chi connectivity index (χ4n) is 17.8. The molecule has 1 unspecified atom stereocenters. The number of pyridine rings is 8. The van der Waals surface area contributed by atoms with E-state index in [1.54, 1.807) is 16.8 Å². The third kappa shape index (κ3) is 18.3. The first kappa shape index (κ1) is 93.0. The number of hydrogen-bond donors (Lipinski definition) is 0. The van der Waals surface area contributed by atoms with E-state index in [2.05, 4.69) is 194 Å². The molecule has 0 bridgehead atoms. The summed E-state index contributed by atoms with van der Waals surface area (Å²) in [5.41, 5.74) is 22.3. The summed E-state index contributed by atoms with van der Waals surface area (Å²) in [5.74, 6) is 0. The fraction of sp³-hybridized carbons (Fsp3) is 0.146. The average Bonchev–Trinajstić information content (AvgIpc) is 1.57. The molecule has 12 heterocycles. The zero-order chi connectivity index (χ0) is 82.5. The van der Waals surface area contributed by atoms with Gasteiger partial charge in [-0.2, -0.15) is 9.79 Å². The molecule has 21 heteroatoms. The SMILES string of the molecule is CCCP1(=O)c2ccc(-c3[c-]c(-c4ccccn4)ccc3)nc2-c2c([S-])cccc21.CCC[Si]1(CCC)c2ccc(-c3[c-]c(-c4ccccn4)ccc3)nc2-c2c([S-])cccc21.CC[CH2][Ge]1([CH2]CC)[c]2ccc(-c3[c-]c(-c4ccccn4)ccc3)nc2-c2c([S-])ccc[c]21.[Ni+2].[Ni+2].[Ni+2].[Ni+2].[S-]c1cccc2[se]c3ccc(-c4[c-]c(-c5ccccn5)ccc4)nc3c12. The monoisotopic (exact) mass is 2020 g/mol. The Morgan fingerprint density at radius 2 is 0.742 bits per heavy atom. The summed E-state index contributed by atoms with van der Waals surface area (Å²) in [6, 6.07) is 107. The second kappa shape index (κ2) is 41.4. The third-order valence-corrected chi connectivity index (χ3v) is 47.2. The van der Waals surface area contributed by atoms with E-state index in [0.717, 1.165) is 155 Å². The van der Waals surface area contributed by atoms with Crippen LogP contribution in [0.5, 0.6) is 0 Å². The van der Waals surface area contributed by atoms with Gasteiger partial charge < -0.3 is 29.8 Å². The van der Waals surface area contributed by atoms with Crippen LogP contribution in [0.1, 0.15) is 66.7 Å². The molecule has 3 aliphatic heterocycles. The molecule has 20 rings (SSSR count). The van der Waals surface area contributed by atoms with Gasteiger partial charge in [0.05, 0.1) is 11.4 Å². The number of aromatic nitrogens is 8. The first-order valence-corrected chi connectivity index (χ1v) is 53.8. The summed E-state index contributed by atoms with van der Waals surface area (Å²) in [4.78, 5) is 41.7. The summed E-state index contributed by atoms with van der Waals surface area (Å²) in [6.07, 6.45) is 13.5. The van der Waals surface area contributed by atoms with Gasteiger partial charge in [0, 0.05) is 51.9 Å². The molecular weight excluding hydrogens is 1940 g/mol. The minimum atomic E-state index is -2.70. The van der Waals surface area contributed by atoms with Crippen LogP contribution in [-0.4, -0.2) is 81.9 Å². The molecule has 9 nitrogen and oxygen atoms in total. The summed E-state index contributed by atoms with van der Waals surface area (Å²) < 4.78 is 19.7. The van der Waals surface area contributed by atoms with Gasteiger partial charge in [-0.3, -0.25) is 19.9 Å². The van der Waals surface area contributed by atoms with Gasteiger partial charge in [0.15, 0.2) is 0 Å². The number of benzene rings is 8. The number of nitrogens with zero attached hydrogens (tertiary/aromatic N) is 8. The van der Waals surface area contributed by atoms with Crippen LogP contribution in [0.3, 0.4) is 0 Å². The van der Waals surface area contributed by atoms with Gasteiger partial charge in [0.25, 0.3) is 0 Å². The summed E-state index contributed by atoms with van der Waals surface area (Å²) >= 11 is 20.6. The van der Waals surface area contributed by atoms with Gasteiger partial charge in [-0.1, -0.05) is 141 Å². The molecule has 9 aromatic heterocycles. The quantitative estimate of drug-likeness (QED) is 0.0351. The van der Waals surface area contributed by atoms with E-state index in [1.807, 2.05) is 164 Å². The molecule has 0 fully saturated rings. The maximum atomic E-state index is 14.0. The molecule has 8 aromatic carbocycles. The molecule has 0 radical (unpaired) electrons. The predicted octanol–water partition coefficient (Wildman–Crippen LogP) is 21.9. The Morgan fingerprint density at radius 1 is 0.331 bits per heavy atom. The predicted molar refractivity (Wildman–Crippen MR) is 510 cm³/mol. The topological polar surface area (TPSA) is 120 Å². The second-order valence-corrected chi connectivity index (χ2v) is 50.5. The summed E-state index contributed by atoms with van der Waals surface area (Å²) in [5, 5.41) is 8.41. The average molecular weight is 2020 g/mol. The fourth-order valence-corrected chi connectivity index (χ4v) is 41.9. The van der Waals surface area contributed by atoms with E-state index in [-0.39, 0.29) is 80.5 Å². The van der Waals surface area contributed by atoms with Crippen molar-refractivity contribution in [3.63, 3.8) is 0 Å². The molecule has 0 saturated carbocycles. The number of fused-ring (bicyclic) bond motifs is 12. The maximum absolute atomic E-state index is 14.0. The molecule has 0 N–H and O–H groups in total. The van der Waals surface area contributed by atoms with Crippen molar-refractivity contribution in [3.05, 3.63) is 316 Å². The minimum absolute atomic E-state index is 0.